The van der Waals surface area contributed by atoms with Crippen molar-refractivity contribution in [3.05, 3.63) is 53.9 Å². The van der Waals surface area contributed by atoms with E-state index >= 15 is 0 Å². The molecule has 3 aromatic heterocycles. The summed E-state index contributed by atoms with van der Waals surface area (Å²) < 4.78 is 4.78. The third kappa shape index (κ3) is 5.75. The molecule has 0 aliphatic carbocycles. The minimum atomic E-state index is -0.404. The molecule has 0 aliphatic rings. The van der Waals surface area contributed by atoms with Gasteiger partial charge in [-0.1, -0.05) is 0 Å². The van der Waals surface area contributed by atoms with Gasteiger partial charge >= 0.3 is 0 Å². The minimum absolute atomic E-state index is 0. The van der Waals surface area contributed by atoms with Gasteiger partial charge in [-0.15, -0.1) is 12.4 Å². The monoisotopic (exact) mass is 472 g/mol. The highest BCUT2D eigenvalue weighted by Gasteiger charge is 2.18. The summed E-state index contributed by atoms with van der Waals surface area (Å²) in [5.74, 6) is -1.09. The number of carbonyl (C=O) groups excluding carboxylic acids is 3. The number of carbonyl (C=O) groups is 3. The number of nitrogens with zero attached hydrogens (tertiary/aromatic N) is 4. The summed E-state index contributed by atoms with van der Waals surface area (Å²) in [6, 6.07) is 6.62. The Morgan fingerprint density at radius 2 is 1.30 bits per heavy atom. The number of nitrogen functional groups attached to an aromatic ring is 1. The van der Waals surface area contributed by atoms with Gasteiger partial charge in [-0.05, 0) is 18.2 Å². The SMILES string of the molecule is Cl.Cn1cc(NC(=O)c2cc(NC(=O)c3cc(N)cn3C)cn2C)cc1C(=O)NCCC#N. The van der Waals surface area contributed by atoms with Crippen molar-refractivity contribution in [2.45, 2.75) is 6.42 Å². The van der Waals surface area contributed by atoms with Crippen LogP contribution in [0.1, 0.15) is 37.9 Å². The Morgan fingerprint density at radius 1 is 0.848 bits per heavy atom. The fourth-order valence-electron chi connectivity index (χ4n) is 3.25. The van der Waals surface area contributed by atoms with E-state index in [2.05, 4.69) is 16.0 Å². The molecule has 0 atom stereocenters. The Labute approximate surface area is 196 Å². The van der Waals surface area contributed by atoms with Gasteiger partial charge in [0.1, 0.15) is 17.1 Å². The molecule has 33 heavy (non-hydrogen) atoms. The molecule has 5 N–H and O–H groups in total. The van der Waals surface area contributed by atoms with Crippen LogP contribution in [-0.2, 0) is 21.1 Å². The Bertz CT molecular complexity index is 1230. The number of hydrogen-bond acceptors (Lipinski definition) is 5. The fraction of sp³-hybridized carbons (Fsp3) is 0.238. The van der Waals surface area contributed by atoms with Gasteiger partial charge < -0.3 is 35.4 Å². The third-order valence-electron chi connectivity index (χ3n) is 4.77. The summed E-state index contributed by atoms with van der Waals surface area (Å²) in [5, 5.41) is 16.7. The molecule has 0 aromatic carbocycles. The van der Waals surface area contributed by atoms with Crippen molar-refractivity contribution in [2.75, 3.05) is 22.9 Å². The summed E-state index contributed by atoms with van der Waals surface area (Å²) in [4.78, 5) is 37.4. The van der Waals surface area contributed by atoms with Crippen molar-refractivity contribution < 1.29 is 14.4 Å². The van der Waals surface area contributed by atoms with Crippen LogP contribution in [0.4, 0.5) is 17.1 Å². The number of rotatable bonds is 7. The summed E-state index contributed by atoms with van der Waals surface area (Å²) in [6.45, 7) is 0.245. The average molecular weight is 473 g/mol. The predicted octanol–water partition coefficient (Wildman–Crippen LogP) is 1.85. The van der Waals surface area contributed by atoms with E-state index in [-0.39, 0.29) is 37.2 Å². The molecule has 174 valence electrons. The van der Waals surface area contributed by atoms with Crippen molar-refractivity contribution in [3.8, 4) is 6.07 Å². The Hall–Kier alpha value is -4.17. The smallest absolute Gasteiger partial charge is 0.272 e. The lowest BCUT2D eigenvalue weighted by Gasteiger charge is -2.03. The van der Waals surface area contributed by atoms with Crippen LogP contribution in [0.3, 0.4) is 0 Å². The number of hydrogen-bond donors (Lipinski definition) is 4. The van der Waals surface area contributed by atoms with Crippen LogP contribution < -0.4 is 21.7 Å². The molecule has 0 unspecified atom stereocenters. The number of aromatic nitrogens is 3. The molecule has 12 heteroatoms. The molecule has 0 saturated heterocycles. The number of halogens is 1. The van der Waals surface area contributed by atoms with Crippen LogP contribution in [-0.4, -0.2) is 38.0 Å². The summed E-state index contributed by atoms with van der Waals surface area (Å²) >= 11 is 0. The maximum absolute atomic E-state index is 12.8. The van der Waals surface area contributed by atoms with Crippen molar-refractivity contribution in [2.24, 2.45) is 21.1 Å². The first-order valence-corrected chi connectivity index (χ1v) is 9.72. The number of amides is 3. The van der Waals surface area contributed by atoms with E-state index in [0.29, 0.717) is 34.1 Å². The number of aryl methyl sites for hydroxylation is 3. The minimum Gasteiger partial charge on any atom is -0.397 e. The molecule has 3 heterocycles. The van der Waals surface area contributed by atoms with E-state index in [1.165, 1.54) is 0 Å². The van der Waals surface area contributed by atoms with Crippen LogP contribution in [0.2, 0.25) is 0 Å². The molecular weight excluding hydrogens is 448 g/mol. The Balaban J connectivity index is 0.00000385. The quantitative estimate of drug-likeness (QED) is 0.387. The molecule has 0 radical (unpaired) electrons. The van der Waals surface area contributed by atoms with Crippen molar-refractivity contribution in [3.63, 3.8) is 0 Å². The summed E-state index contributed by atoms with van der Waals surface area (Å²) in [6.07, 6.45) is 5.08. The zero-order valence-corrected chi connectivity index (χ0v) is 19.2. The first kappa shape index (κ1) is 25.1. The number of nitriles is 1. The number of nitrogens with one attached hydrogen (secondary N) is 3. The zero-order chi connectivity index (χ0) is 23.4. The number of anilines is 3. The van der Waals surface area contributed by atoms with Crippen LogP contribution in [0, 0.1) is 11.3 Å². The second-order valence-electron chi connectivity index (χ2n) is 7.29. The van der Waals surface area contributed by atoms with Gasteiger partial charge in [-0.2, -0.15) is 5.26 Å². The highest BCUT2D eigenvalue weighted by molar-refractivity contribution is 6.07. The predicted molar refractivity (Wildman–Crippen MR) is 126 cm³/mol. The van der Waals surface area contributed by atoms with Gasteiger partial charge in [-0.3, -0.25) is 14.4 Å². The van der Waals surface area contributed by atoms with E-state index in [4.69, 9.17) is 11.0 Å². The van der Waals surface area contributed by atoms with E-state index < -0.39 is 5.91 Å². The second kappa shape index (κ2) is 10.4. The highest BCUT2D eigenvalue weighted by Crippen LogP contribution is 2.19. The van der Waals surface area contributed by atoms with Crippen molar-refractivity contribution >= 4 is 47.2 Å². The van der Waals surface area contributed by atoms with Gasteiger partial charge in [0.2, 0.25) is 0 Å². The zero-order valence-electron chi connectivity index (χ0n) is 18.4. The molecule has 3 aromatic rings. The van der Waals surface area contributed by atoms with Crippen LogP contribution >= 0.6 is 12.4 Å². The van der Waals surface area contributed by atoms with Gasteiger partial charge in [0.15, 0.2) is 0 Å². The van der Waals surface area contributed by atoms with Crippen LogP contribution in [0.5, 0.6) is 0 Å². The normalized spacial score (nSPS) is 10.1. The van der Waals surface area contributed by atoms with E-state index in [1.54, 1.807) is 71.6 Å². The largest absolute Gasteiger partial charge is 0.397 e. The Kier molecular flexibility index (Phi) is 7.93. The summed E-state index contributed by atoms with van der Waals surface area (Å²) in [5.41, 5.74) is 8.14. The second-order valence-corrected chi connectivity index (χ2v) is 7.29. The van der Waals surface area contributed by atoms with Gasteiger partial charge in [0, 0.05) is 46.3 Å². The molecule has 0 fully saturated rings. The maximum Gasteiger partial charge on any atom is 0.272 e. The average Bonchev–Trinajstić information content (AvgIpc) is 3.38. The van der Waals surface area contributed by atoms with E-state index in [9.17, 15) is 14.4 Å². The molecule has 0 spiro atoms. The maximum atomic E-state index is 12.8. The molecule has 3 amide bonds. The molecular formula is C21H25ClN8O3. The standard InChI is InChI=1S/C21H24N8O3.ClH/c1-27-10-13(23)7-16(27)20(31)25-15-9-18(29(3)12-15)21(32)26-14-8-17(28(2)11-14)19(30)24-6-4-5-22;/h7-12H,4,6,23H2,1-3H3,(H,24,30)(H,25,31)(H,26,32);1H. The van der Waals surface area contributed by atoms with Crippen LogP contribution in [0.25, 0.3) is 0 Å². The van der Waals surface area contributed by atoms with Gasteiger partial charge in [0.25, 0.3) is 17.7 Å². The number of nitrogens with two attached hydrogens (primary N) is 1. The lowest BCUT2D eigenvalue weighted by atomic mass is 10.3. The third-order valence-corrected chi connectivity index (χ3v) is 4.77. The molecule has 11 nitrogen and oxygen atoms in total. The first-order valence-electron chi connectivity index (χ1n) is 9.72. The van der Waals surface area contributed by atoms with Gasteiger partial charge in [0.05, 0.1) is 29.6 Å². The van der Waals surface area contributed by atoms with Crippen molar-refractivity contribution in [1.29, 1.82) is 5.26 Å². The van der Waals surface area contributed by atoms with Crippen molar-refractivity contribution in [1.82, 2.24) is 19.0 Å². The molecule has 3 rings (SSSR count). The Morgan fingerprint density at radius 3 is 1.76 bits per heavy atom. The lowest BCUT2D eigenvalue weighted by Crippen LogP contribution is -2.25. The molecule has 0 bridgehead atoms. The summed E-state index contributed by atoms with van der Waals surface area (Å²) in [7, 11) is 5.08. The molecule has 0 aliphatic heterocycles. The highest BCUT2D eigenvalue weighted by atomic mass is 35.5. The first-order chi connectivity index (χ1) is 15.2. The van der Waals surface area contributed by atoms with Gasteiger partial charge in [-0.25, -0.2) is 0 Å². The lowest BCUT2D eigenvalue weighted by molar-refractivity contribution is 0.0944. The van der Waals surface area contributed by atoms with E-state index in [1.807, 2.05) is 6.07 Å². The van der Waals surface area contributed by atoms with E-state index in [0.717, 1.165) is 0 Å². The fourth-order valence-corrected chi connectivity index (χ4v) is 3.25. The van der Waals surface area contributed by atoms with Crippen LogP contribution in [0.15, 0.2) is 36.8 Å². The molecule has 0 saturated carbocycles. The topological polar surface area (TPSA) is 152 Å².